The predicted molar refractivity (Wildman–Crippen MR) is 177 cm³/mol. The number of hydrogen-bond donors (Lipinski definition) is 1. The minimum absolute atomic E-state index is 0.00691. The summed E-state index contributed by atoms with van der Waals surface area (Å²) in [6.07, 6.45) is 1.50. The maximum atomic E-state index is 14.8. The van der Waals surface area contributed by atoms with Crippen LogP contribution in [-0.4, -0.2) is 48.4 Å². The highest BCUT2D eigenvalue weighted by atomic mass is 35.5. The first-order chi connectivity index (χ1) is 24.0. The molecule has 0 unspecified atom stereocenters. The fourth-order valence-corrected chi connectivity index (χ4v) is 4.76. The molecule has 0 fully saturated rings. The third-order valence-corrected chi connectivity index (χ3v) is 7.08. The van der Waals surface area contributed by atoms with Gasteiger partial charge in [0.2, 0.25) is 0 Å². The third-order valence-electron chi connectivity index (χ3n) is 6.71. The molecule has 6 aromatic rings. The topological polar surface area (TPSA) is 141 Å². The van der Waals surface area contributed by atoms with Crippen LogP contribution in [0, 0.1) is 23.3 Å². The van der Waals surface area contributed by atoms with E-state index < -0.39 is 69.2 Å². The highest BCUT2D eigenvalue weighted by molar-refractivity contribution is 6.30. The van der Waals surface area contributed by atoms with Gasteiger partial charge in [-0.05, 0) is 81.4 Å². The van der Waals surface area contributed by atoms with Gasteiger partial charge in [0.1, 0.15) is 27.5 Å². The summed E-state index contributed by atoms with van der Waals surface area (Å²) in [5, 5.41) is 9.53. The Balaban J connectivity index is 0.000000205. The first-order valence-electron chi connectivity index (χ1n) is 14.5. The number of halogens is 6. The van der Waals surface area contributed by atoms with Gasteiger partial charge in [0.05, 0.1) is 45.6 Å². The van der Waals surface area contributed by atoms with Crippen LogP contribution >= 0.6 is 23.2 Å². The number of carbonyl (C=O) groups is 3. The molecule has 0 spiro atoms. The zero-order valence-electron chi connectivity index (χ0n) is 26.5. The van der Waals surface area contributed by atoms with E-state index in [2.05, 4.69) is 19.9 Å². The molecule has 0 aliphatic heterocycles. The summed E-state index contributed by atoms with van der Waals surface area (Å²) in [4.78, 5) is 52.9. The molecule has 0 saturated carbocycles. The molecular weight excluding hydrogens is 719 g/mol. The largest absolute Gasteiger partial charge is 0.514 e. The van der Waals surface area contributed by atoms with E-state index in [1.54, 1.807) is 20.8 Å². The van der Waals surface area contributed by atoms with Gasteiger partial charge in [-0.1, -0.05) is 23.2 Å². The first kappa shape index (κ1) is 36.5. The van der Waals surface area contributed by atoms with Crippen molar-refractivity contribution in [1.29, 1.82) is 0 Å². The number of benzene rings is 4. The SMILES string of the molecule is CC(C)(C)OC(=O)Oc1ccc(F)c(C(=O)c2ccc3ncc(Cl)nc3c2)c1F.O=C(c1ccc2ncc(Cl)nc2c1)c1c(F)ccc(O)c1F. The Morgan fingerprint density at radius 1 is 0.667 bits per heavy atom. The lowest BCUT2D eigenvalue weighted by Crippen LogP contribution is -2.26. The van der Waals surface area contributed by atoms with Gasteiger partial charge in [-0.25, -0.2) is 32.3 Å². The number of fused-ring (bicyclic) bond motifs is 2. The first-order valence-corrected chi connectivity index (χ1v) is 15.3. The monoisotopic (exact) mass is 740 g/mol. The van der Waals surface area contributed by atoms with Crippen molar-refractivity contribution in [1.82, 2.24) is 19.9 Å². The van der Waals surface area contributed by atoms with Crippen molar-refractivity contribution < 1.29 is 46.5 Å². The number of ketones is 2. The summed E-state index contributed by atoms with van der Waals surface area (Å²) in [5.74, 6) is -8.09. The average Bonchev–Trinajstić information content (AvgIpc) is 3.06. The molecule has 0 radical (unpaired) electrons. The number of phenolic OH excluding ortho intramolecular Hbond substituents is 1. The summed E-state index contributed by atoms with van der Waals surface area (Å²) >= 11 is 11.5. The Morgan fingerprint density at radius 3 is 1.63 bits per heavy atom. The van der Waals surface area contributed by atoms with Gasteiger partial charge in [-0.3, -0.25) is 19.6 Å². The highest BCUT2D eigenvalue weighted by Gasteiger charge is 2.26. The van der Waals surface area contributed by atoms with E-state index in [0.717, 1.165) is 24.3 Å². The Hall–Kier alpha value is -5.73. The van der Waals surface area contributed by atoms with E-state index >= 15 is 0 Å². The lowest BCUT2D eigenvalue weighted by molar-refractivity contribution is 0.0197. The van der Waals surface area contributed by atoms with Crippen molar-refractivity contribution in [2.75, 3.05) is 0 Å². The summed E-state index contributed by atoms with van der Waals surface area (Å²) in [6, 6.07) is 11.7. The Labute approximate surface area is 295 Å². The van der Waals surface area contributed by atoms with Crippen LogP contribution in [0.4, 0.5) is 22.4 Å². The van der Waals surface area contributed by atoms with Crippen LogP contribution in [0.15, 0.2) is 73.1 Å². The van der Waals surface area contributed by atoms with Gasteiger partial charge in [-0.15, -0.1) is 0 Å². The van der Waals surface area contributed by atoms with Crippen molar-refractivity contribution in [2.45, 2.75) is 26.4 Å². The summed E-state index contributed by atoms with van der Waals surface area (Å²) < 4.78 is 66.3. The van der Waals surface area contributed by atoms with E-state index in [1.165, 1.54) is 48.8 Å². The smallest absolute Gasteiger partial charge is 0.505 e. The minimum Gasteiger partial charge on any atom is -0.505 e. The summed E-state index contributed by atoms with van der Waals surface area (Å²) in [5.41, 5.74) is -1.07. The molecule has 2 aromatic heterocycles. The van der Waals surface area contributed by atoms with Gasteiger partial charge >= 0.3 is 6.16 Å². The van der Waals surface area contributed by atoms with Crippen LogP contribution < -0.4 is 4.74 Å². The number of phenols is 1. The molecular formula is C35H22Cl2F4N4O6. The van der Waals surface area contributed by atoms with Gasteiger partial charge in [-0.2, -0.15) is 0 Å². The number of aromatic hydroxyl groups is 1. The van der Waals surface area contributed by atoms with Crippen LogP contribution in [0.2, 0.25) is 10.3 Å². The number of carbonyl (C=O) groups excluding carboxylic acids is 3. The molecule has 16 heteroatoms. The van der Waals surface area contributed by atoms with Crippen molar-refractivity contribution in [3.05, 3.63) is 129 Å². The fourth-order valence-electron chi connectivity index (χ4n) is 4.48. The Kier molecular flexibility index (Phi) is 10.5. The normalized spacial score (nSPS) is 11.2. The second-order valence-corrected chi connectivity index (χ2v) is 12.3. The maximum Gasteiger partial charge on any atom is 0.514 e. The molecule has 0 atom stereocenters. The van der Waals surface area contributed by atoms with Crippen molar-refractivity contribution in [2.24, 2.45) is 0 Å². The van der Waals surface area contributed by atoms with Crippen molar-refractivity contribution in [3.63, 3.8) is 0 Å². The molecule has 0 aliphatic carbocycles. The van der Waals surface area contributed by atoms with Crippen molar-refractivity contribution in [3.8, 4) is 11.5 Å². The maximum absolute atomic E-state index is 14.8. The minimum atomic E-state index is -1.32. The molecule has 4 aromatic carbocycles. The van der Waals surface area contributed by atoms with E-state index in [9.17, 15) is 37.1 Å². The highest BCUT2D eigenvalue weighted by Crippen LogP contribution is 2.28. The number of nitrogens with zero attached hydrogens (tertiary/aromatic N) is 4. The van der Waals surface area contributed by atoms with E-state index in [1.807, 2.05) is 0 Å². The van der Waals surface area contributed by atoms with Crippen LogP contribution in [-0.2, 0) is 4.74 Å². The molecule has 6 rings (SSSR count). The molecule has 260 valence electrons. The van der Waals surface area contributed by atoms with Crippen LogP contribution in [0.25, 0.3) is 22.1 Å². The standard InChI is InChI=1S/C20H15ClF2N2O4.C15H7ClF2N2O2/c1-20(2,3)29-19(27)28-14-7-5-11(22)16(17(14)23)18(26)10-4-6-12-13(8-10)25-15(21)9-24-12;16-12-6-19-9-3-1-7(5-10(9)20-12)15(22)13-8(17)2-4-11(21)14(13)18/h4-9H,1-3H3;1-6,21H. The van der Waals surface area contributed by atoms with Gasteiger partial charge in [0.15, 0.2) is 34.7 Å². The summed E-state index contributed by atoms with van der Waals surface area (Å²) in [6.45, 7) is 4.79. The molecule has 10 nitrogen and oxygen atoms in total. The number of rotatable bonds is 5. The zero-order valence-corrected chi connectivity index (χ0v) is 28.0. The second-order valence-electron chi connectivity index (χ2n) is 11.5. The molecule has 1 N–H and O–H groups in total. The van der Waals surface area contributed by atoms with Crippen LogP contribution in [0.1, 0.15) is 52.6 Å². The fraction of sp³-hybridized carbons (Fsp3) is 0.114. The second kappa shape index (κ2) is 14.6. The quantitative estimate of drug-likeness (QED) is 0.0790. The van der Waals surface area contributed by atoms with E-state index in [0.29, 0.717) is 16.6 Å². The van der Waals surface area contributed by atoms with E-state index in [4.69, 9.17) is 32.7 Å². The van der Waals surface area contributed by atoms with Gasteiger partial charge in [0.25, 0.3) is 0 Å². The van der Waals surface area contributed by atoms with E-state index in [-0.39, 0.29) is 26.9 Å². The molecule has 51 heavy (non-hydrogen) atoms. The lowest BCUT2D eigenvalue weighted by Gasteiger charge is -2.19. The molecule has 0 aliphatic rings. The number of hydrogen-bond acceptors (Lipinski definition) is 10. The average molecular weight is 741 g/mol. The molecule has 0 saturated heterocycles. The van der Waals surface area contributed by atoms with Crippen LogP contribution in [0.3, 0.4) is 0 Å². The van der Waals surface area contributed by atoms with Crippen LogP contribution in [0.5, 0.6) is 11.5 Å². The number of aromatic nitrogens is 4. The Bertz CT molecular complexity index is 2370. The molecule has 0 bridgehead atoms. The Morgan fingerprint density at radius 2 is 1.14 bits per heavy atom. The predicted octanol–water partition coefficient (Wildman–Crippen LogP) is 8.60. The molecule has 2 heterocycles. The zero-order chi connectivity index (χ0) is 37.2. The van der Waals surface area contributed by atoms with Crippen molar-refractivity contribution >= 4 is 63.0 Å². The number of ether oxygens (including phenoxy) is 2. The third kappa shape index (κ3) is 8.36. The molecule has 0 amide bonds. The van der Waals surface area contributed by atoms with Gasteiger partial charge in [0, 0.05) is 11.1 Å². The van der Waals surface area contributed by atoms with Gasteiger partial charge < -0.3 is 14.6 Å². The summed E-state index contributed by atoms with van der Waals surface area (Å²) in [7, 11) is 0. The lowest BCUT2D eigenvalue weighted by atomic mass is 10.0.